The first-order valence-electron chi connectivity index (χ1n) is 8.57. The number of nitrogens with one attached hydrogen (secondary N) is 1. The molecular weight excluding hydrogens is 402 g/mol. The van der Waals surface area contributed by atoms with Gasteiger partial charge in [-0.25, -0.2) is 13.9 Å². The standard InChI is InChI=1S/C18H21N3O5S2/c1-13-18(2,17(22)20-23)21(11-12-27-13)28(24,25)16-5-3-14(4-6-16)26-15-7-9-19-10-8-15/h3-10,13,23H,11-12H2,1-2H3,(H,20,22). The summed E-state index contributed by atoms with van der Waals surface area (Å²) < 4.78 is 33.3. The molecule has 1 amide bonds. The first-order chi connectivity index (χ1) is 13.3. The average molecular weight is 424 g/mol. The number of hydrogen-bond donors (Lipinski definition) is 2. The van der Waals surface area contributed by atoms with Crippen molar-refractivity contribution in [2.45, 2.75) is 29.5 Å². The van der Waals surface area contributed by atoms with E-state index in [2.05, 4.69) is 4.98 Å². The molecule has 8 nitrogen and oxygen atoms in total. The Hall–Kier alpha value is -2.14. The summed E-state index contributed by atoms with van der Waals surface area (Å²) in [5.41, 5.74) is 0.198. The molecule has 2 N–H and O–H groups in total. The second-order valence-electron chi connectivity index (χ2n) is 6.44. The van der Waals surface area contributed by atoms with Gasteiger partial charge in [0.1, 0.15) is 17.0 Å². The Balaban J connectivity index is 1.90. The molecule has 2 unspecified atom stereocenters. The topological polar surface area (TPSA) is 109 Å². The fourth-order valence-electron chi connectivity index (χ4n) is 3.04. The summed E-state index contributed by atoms with van der Waals surface area (Å²) in [5.74, 6) is 0.856. The SMILES string of the molecule is CC1SCCN(S(=O)(=O)c2ccc(Oc3ccncc3)cc2)C1(C)C(=O)NO. The third-order valence-corrected chi connectivity index (χ3v) is 8.22. The van der Waals surface area contributed by atoms with Crippen molar-refractivity contribution >= 4 is 27.7 Å². The molecule has 0 aliphatic carbocycles. The number of carbonyl (C=O) groups is 1. The normalized spacial score (nSPS) is 23.2. The van der Waals surface area contributed by atoms with Crippen molar-refractivity contribution in [2.75, 3.05) is 12.3 Å². The molecule has 1 aliphatic rings. The predicted octanol–water partition coefficient (Wildman–Crippen LogP) is 2.26. The third-order valence-electron chi connectivity index (χ3n) is 4.83. The summed E-state index contributed by atoms with van der Waals surface area (Å²) in [6, 6.07) is 9.37. The van der Waals surface area contributed by atoms with Crippen molar-refractivity contribution in [1.82, 2.24) is 14.8 Å². The summed E-state index contributed by atoms with van der Waals surface area (Å²) in [6.45, 7) is 3.46. The van der Waals surface area contributed by atoms with Crippen molar-refractivity contribution in [3.05, 3.63) is 48.8 Å². The van der Waals surface area contributed by atoms with Crippen LogP contribution in [0.3, 0.4) is 0 Å². The molecule has 1 aromatic carbocycles. The number of thioether (sulfide) groups is 1. The molecule has 0 spiro atoms. The maximum absolute atomic E-state index is 13.2. The van der Waals surface area contributed by atoms with Gasteiger partial charge in [0.05, 0.1) is 4.90 Å². The van der Waals surface area contributed by atoms with Gasteiger partial charge < -0.3 is 4.74 Å². The highest BCUT2D eigenvalue weighted by atomic mass is 32.2. The van der Waals surface area contributed by atoms with Crippen LogP contribution in [0.2, 0.25) is 0 Å². The first-order valence-corrected chi connectivity index (χ1v) is 11.1. The highest BCUT2D eigenvalue weighted by molar-refractivity contribution is 8.00. The minimum absolute atomic E-state index is 0.0469. The second-order valence-corrected chi connectivity index (χ2v) is 9.75. The highest BCUT2D eigenvalue weighted by Crippen LogP contribution is 2.38. The zero-order valence-corrected chi connectivity index (χ0v) is 17.0. The fraction of sp³-hybridized carbons (Fsp3) is 0.333. The molecule has 2 atom stereocenters. The van der Waals surface area contributed by atoms with E-state index in [0.717, 1.165) is 4.31 Å². The predicted molar refractivity (Wildman–Crippen MR) is 105 cm³/mol. The Morgan fingerprint density at radius 3 is 2.46 bits per heavy atom. The van der Waals surface area contributed by atoms with Gasteiger partial charge in [-0.3, -0.25) is 15.0 Å². The summed E-state index contributed by atoms with van der Waals surface area (Å²) in [6.07, 6.45) is 3.19. The third kappa shape index (κ3) is 3.72. The van der Waals surface area contributed by atoms with E-state index in [1.165, 1.54) is 30.8 Å². The van der Waals surface area contributed by atoms with Crippen molar-refractivity contribution in [3.8, 4) is 11.5 Å². The van der Waals surface area contributed by atoms with Crippen LogP contribution in [0.25, 0.3) is 0 Å². The Kier molecular flexibility index (Phi) is 5.94. The van der Waals surface area contributed by atoms with E-state index in [1.54, 1.807) is 49.1 Å². The van der Waals surface area contributed by atoms with Crippen LogP contribution < -0.4 is 10.2 Å². The van der Waals surface area contributed by atoms with Gasteiger partial charge in [0.15, 0.2) is 0 Å². The number of hydroxylamine groups is 1. The quantitative estimate of drug-likeness (QED) is 0.561. The largest absolute Gasteiger partial charge is 0.457 e. The van der Waals surface area contributed by atoms with Crippen LogP contribution in [0.4, 0.5) is 0 Å². The van der Waals surface area contributed by atoms with Crippen molar-refractivity contribution in [3.63, 3.8) is 0 Å². The van der Waals surface area contributed by atoms with Crippen molar-refractivity contribution < 1.29 is 23.2 Å². The van der Waals surface area contributed by atoms with Gasteiger partial charge in [-0.15, -0.1) is 0 Å². The lowest BCUT2D eigenvalue weighted by atomic mass is 9.97. The lowest BCUT2D eigenvalue weighted by Gasteiger charge is -2.45. The zero-order valence-electron chi connectivity index (χ0n) is 15.4. The molecule has 3 rings (SSSR count). The van der Waals surface area contributed by atoms with Crippen LogP contribution in [0, 0.1) is 0 Å². The van der Waals surface area contributed by atoms with Gasteiger partial charge in [0, 0.05) is 29.9 Å². The number of carbonyl (C=O) groups excluding carboxylic acids is 1. The number of benzene rings is 1. The van der Waals surface area contributed by atoms with E-state index >= 15 is 0 Å². The average Bonchev–Trinajstić information content (AvgIpc) is 2.70. The van der Waals surface area contributed by atoms with Crippen LogP contribution in [0.5, 0.6) is 11.5 Å². The molecule has 1 aromatic heterocycles. The molecule has 150 valence electrons. The van der Waals surface area contributed by atoms with E-state index in [-0.39, 0.29) is 16.7 Å². The number of amides is 1. The number of ether oxygens (including phenoxy) is 1. The number of pyridine rings is 1. The van der Waals surface area contributed by atoms with E-state index < -0.39 is 21.5 Å². The molecule has 0 saturated carbocycles. The van der Waals surface area contributed by atoms with E-state index in [9.17, 15) is 13.2 Å². The zero-order chi connectivity index (χ0) is 20.4. The molecule has 2 aromatic rings. The molecule has 0 bridgehead atoms. The summed E-state index contributed by atoms with van der Waals surface area (Å²) >= 11 is 1.48. The molecule has 2 heterocycles. The van der Waals surface area contributed by atoms with E-state index in [1.807, 2.05) is 0 Å². The number of rotatable bonds is 5. The smallest absolute Gasteiger partial charge is 0.265 e. The van der Waals surface area contributed by atoms with Gasteiger partial charge in [-0.05, 0) is 43.3 Å². The maximum atomic E-state index is 13.2. The summed E-state index contributed by atoms with van der Waals surface area (Å²) in [7, 11) is -3.96. The van der Waals surface area contributed by atoms with Gasteiger partial charge in [0.25, 0.3) is 5.91 Å². The number of hydrogen-bond acceptors (Lipinski definition) is 7. The Bertz CT molecular complexity index is 937. The fourth-order valence-corrected chi connectivity index (χ4v) is 6.23. The molecule has 0 radical (unpaired) electrons. The van der Waals surface area contributed by atoms with E-state index in [4.69, 9.17) is 9.94 Å². The van der Waals surface area contributed by atoms with Crippen LogP contribution in [-0.2, 0) is 14.8 Å². The number of sulfonamides is 1. The van der Waals surface area contributed by atoms with Gasteiger partial charge >= 0.3 is 0 Å². The molecule has 1 aliphatic heterocycles. The van der Waals surface area contributed by atoms with Crippen molar-refractivity contribution in [1.29, 1.82) is 0 Å². The highest BCUT2D eigenvalue weighted by Gasteiger charge is 2.52. The minimum atomic E-state index is -3.96. The summed E-state index contributed by atoms with van der Waals surface area (Å²) in [4.78, 5) is 16.3. The minimum Gasteiger partial charge on any atom is -0.457 e. The molecule has 28 heavy (non-hydrogen) atoms. The molecule has 10 heteroatoms. The number of nitrogens with zero attached hydrogens (tertiary/aromatic N) is 2. The second kappa shape index (κ2) is 8.08. The monoisotopic (exact) mass is 423 g/mol. The maximum Gasteiger partial charge on any atom is 0.265 e. The van der Waals surface area contributed by atoms with Crippen LogP contribution in [0.15, 0.2) is 53.7 Å². The van der Waals surface area contributed by atoms with Crippen LogP contribution in [0.1, 0.15) is 13.8 Å². The Labute approximate surface area is 167 Å². The Morgan fingerprint density at radius 2 is 1.86 bits per heavy atom. The molecular formula is C18H21N3O5S2. The van der Waals surface area contributed by atoms with Gasteiger partial charge in [0.2, 0.25) is 10.0 Å². The Morgan fingerprint density at radius 1 is 1.25 bits per heavy atom. The first kappa shape index (κ1) is 20.6. The molecule has 1 saturated heterocycles. The van der Waals surface area contributed by atoms with Gasteiger partial charge in [-0.1, -0.05) is 6.92 Å². The lowest BCUT2D eigenvalue weighted by molar-refractivity contribution is -0.138. The lowest BCUT2D eigenvalue weighted by Crippen LogP contribution is -2.65. The molecule has 1 fully saturated rings. The van der Waals surface area contributed by atoms with Crippen LogP contribution in [-0.4, -0.2) is 51.9 Å². The van der Waals surface area contributed by atoms with Crippen molar-refractivity contribution in [2.24, 2.45) is 0 Å². The van der Waals surface area contributed by atoms with Gasteiger partial charge in [-0.2, -0.15) is 16.1 Å². The summed E-state index contributed by atoms with van der Waals surface area (Å²) in [5, 5.41) is 8.81. The van der Waals surface area contributed by atoms with Crippen LogP contribution >= 0.6 is 11.8 Å². The van der Waals surface area contributed by atoms with E-state index in [0.29, 0.717) is 17.3 Å². The number of aromatic nitrogens is 1.